The first-order chi connectivity index (χ1) is 9.09. The van der Waals surface area contributed by atoms with E-state index in [0.29, 0.717) is 4.99 Å². The van der Waals surface area contributed by atoms with Crippen molar-refractivity contribution in [1.82, 2.24) is 4.98 Å². The van der Waals surface area contributed by atoms with Crippen LogP contribution in [0.4, 0.5) is 5.69 Å². The van der Waals surface area contributed by atoms with Crippen molar-refractivity contribution < 1.29 is 0 Å². The summed E-state index contributed by atoms with van der Waals surface area (Å²) in [6, 6.07) is 9.54. The van der Waals surface area contributed by atoms with Crippen molar-refractivity contribution in [2.75, 3.05) is 5.32 Å². The SMILES string of the molecule is CC(Nc1cnccc1C(N)=S)c1ccccc1Cl. The molecule has 1 heterocycles. The molecule has 0 amide bonds. The molecule has 0 bridgehead atoms. The van der Waals surface area contributed by atoms with Gasteiger partial charge in [0.1, 0.15) is 4.99 Å². The topological polar surface area (TPSA) is 50.9 Å². The zero-order valence-electron chi connectivity index (χ0n) is 10.4. The minimum absolute atomic E-state index is 0.0333. The summed E-state index contributed by atoms with van der Waals surface area (Å²) < 4.78 is 0. The highest BCUT2D eigenvalue weighted by atomic mass is 35.5. The fraction of sp³-hybridized carbons (Fsp3) is 0.143. The molecule has 0 radical (unpaired) electrons. The normalized spacial score (nSPS) is 11.9. The molecule has 0 fully saturated rings. The Hall–Kier alpha value is -1.65. The van der Waals surface area contributed by atoms with Crippen molar-refractivity contribution in [2.24, 2.45) is 5.73 Å². The van der Waals surface area contributed by atoms with Gasteiger partial charge in [-0.2, -0.15) is 0 Å². The van der Waals surface area contributed by atoms with Gasteiger partial charge in [-0.1, -0.05) is 42.0 Å². The van der Waals surface area contributed by atoms with Gasteiger partial charge in [0.2, 0.25) is 0 Å². The largest absolute Gasteiger partial charge is 0.389 e. The molecular weight excluding hydrogens is 278 g/mol. The van der Waals surface area contributed by atoms with Gasteiger partial charge in [0.05, 0.1) is 17.9 Å². The number of hydrogen-bond acceptors (Lipinski definition) is 3. The maximum absolute atomic E-state index is 6.18. The average molecular weight is 292 g/mol. The van der Waals surface area contributed by atoms with Gasteiger partial charge in [0, 0.05) is 16.8 Å². The lowest BCUT2D eigenvalue weighted by molar-refractivity contribution is 0.882. The Morgan fingerprint density at radius 3 is 2.79 bits per heavy atom. The number of nitrogens with two attached hydrogens (primary N) is 1. The van der Waals surface area contributed by atoms with Gasteiger partial charge in [-0.25, -0.2) is 0 Å². The van der Waals surface area contributed by atoms with Crippen molar-refractivity contribution in [3.63, 3.8) is 0 Å². The monoisotopic (exact) mass is 291 g/mol. The van der Waals surface area contributed by atoms with E-state index in [2.05, 4.69) is 10.3 Å². The van der Waals surface area contributed by atoms with Crippen LogP contribution in [0.1, 0.15) is 24.1 Å². The second kappa shape index (κ2) is 5.99. The Morgan fingerprint density at radius 1 is 1.37 bits per heavy atom. The summed E-state index contributed by atoms with van der Waals surface area (Å²) in [4.78, 5) is 4.43. The molecule has 5 heteroatoms. The van der Waals surface area contributed by atoms with Crippen LogP contribution in [-0.4, -0.2) is 9.97 Å². The smallest absolute Gasteiger partial charge is 0.106 e. The third kappa shape index (κ3) is 3.22. The summed E-state index contributed by atoms with van der Waals surface area (Å²) in [5.74, 6) is 0. The van der Waals surface area contributed by atoms with E-state index in [1.807, 2.05) is 31.2 Å². The molecule has 98 valence electrons. The van der Waals surface area contributed by atoms with Gasteiger partial charge in [-0.15, -0.1) is 0 Å². The highest BCUT2D eigenvalue weighted by Gasteiger charge is 2.12. The lowest BCUT2D eigenvalue weighted by Gasteiger charge is -2.18. The van der Waals surface area contributed by atoms with E-state index in [9.17, 15) is 0 Å². The zero-order chi connectivity index (χ0) is 13.8. The first-order valence-electron chi connectivity index (χ1n) is 5.84. The van der Waals surface area contributed by atoms with Crippen LogP contribution in [0.3, 0.4) is 0 Å². The molecule has 0 spiro atoms. The van der Waals surface area contributed by atoms with Crippen molar-refractivity contribution in [3.8, 4) is 0 Å². The number of pyridine rings is 1. The third-order valence-corrected chi connectivity index (χ3v) is 3.39. The van der Waals surface area contributed by atoms with Gasteiger partial charge in [0.25, 0.3) is 0 Å². The van der Waals surface area contributed by atoms with E-state index in [1.54, 1.807) is 18.5 Å². The summed E-state index contributed by atoms with van der Waals surface area (Å²) in [5, 5.41) is 4.06. The molecule has 3 N–H and O–H groups in total. The van der Waals surface area contributed by atoms with Gasteiger partial charge < -0.3 is 11.1 Å². The van der Waals surface area contributed by atoms with E-state index < -0.39 is 0 Å². The lowest BCUT2D eigenvalue weighted by atomic mass is 10.1. The van der Waals surface area contributed by atoms with E-state index >= 15 is 0 Å². The van der Waals surface area contributed by atoms with Crippen LogP contribution in [0.25, 0.3) is 0 Å². The maximum atomic E-state index is 6.18. The quantitative estimate of drug-likeness (QED) is 0.846. The number of rotatable bonds is 4. The molecular formula is C14H14ClN3S. The number of thiocarbonyl (C=S) groups is 1. The Bertz CT molecular complexity index is 601. The average Bonchev–Trinajstić information content (AvgIpc) is 2.39. The molecule has 0 aliphatic rings. The second-order valence-electron chi connectivity index (χ2n) is 4.17. The number of benzene rings is 1. The maximum Gasteiger partial charge on any atom is 0.106 e. The van der Waals surface area contributed by atoms with Gasteiger partial charge >= 0.3 is 0 Å². The summed E-state index contributed by atoms with van der Waals surface area (Å²) >= 11 is 11.2. The highest BCUT2D eigenvalue weighted by molar-refractivity contribution is 7.80. The van der Waals surface area contributed by atoms with E-state index in [0.717, 1.165) is 21.8 Å². The molecule has 1 aromatic carbocycles. The second-order valence-corrected chi connectivity index (χ2v) is 5.02. The van der Waals surface area contributed by atoms with E-state index in [1.165, 1.54) is 0 Å². The summed E-state index contributed by atoms with van der Waals surface area (Å²) in [6.07, 6.45) is 3.38. The molecule has 3 nitrogen and oxygen atoms in total. The van der Waals surface area contributed by atoms with Crippen LogP contribution < -0.4 is 11.1 Å². The fourth-order valence-electron chi connectivity index (χ4n) is 1.86. The van der Waals surface area contributed by atoms with Crippen molar-refractivity contribution >= 4 is 34.5 Å². The Morgan fingerprint density at radius 2 is 2.11 bits per heavy atom. The van der Waals surface area contributed by atoms with Crippen LogP contribution in [0.5, 0.6) is 0 Å². The molecule has 0 aliphatic carbocycles. The molecule has 2 rings (SSSR count). The molecule has 0 saturated carbocycles. The van der Waals surface area contributed by atoms with Crippen LogP contribution >= 0.6 is 23.8 Å². The van der Waals surface area contributed by atoms with E-state index in [4.69, 9.17) is 29.6 Å². The molecule has 0 saturated heterocycles. The van der Waals surface area contributed by atoms with Crippen molar-refractivity contribution in [3.05, 3.63) is 58.9 Å². The summed E-state index contributed by atoms with van der Waals surface area (Å²) in [6.45, 7) is 2.03. The Balaban J connectivity index is 2.27. The minimum atomic E-state index is 0.0333. The van der Waals surface area contributed by atoms with Gasteiger partial charge in [-0.05, 0) is 24.6 Å². The van der Waals surface area contributed by atoms with Crippen LogP contribution in [0.2, 0.25) is 5.02 Å². The van der Waals surface area contributed by atoms with Gasteiger partial charge in [0.15, 0.2) is 0 Å². The fourth-order valence-corrected chi connectivity index (χ4v) is 2.34. The molecule has 2 aromatic rings. The van der Waals surface area contributed by atoms with Gasteiger partial charge in [-0.3, -0.25) is 4.98 Å². The number of nitrogens with zero attached hydrogens (tertiary/aromatic N) is 1. The van der Waals surface area contributed by atoms with Crippen molar-refractivity contribution in [1.29, 1.82) is 0 Å². The Kier molecular flexibility index (Phi) is 4.35. The summed E-state index contributed by atoms with van der Waals surface area (Å²) in [5.41, 5.74) is 8.30. The van der Waals surface area contributed by atoms with Crippen LogP contribution in [0.15, 0.2) is 42.7 Å². The lowest BCUT2D eigenvalue weighted by Crippen LogP contribution is -2.15. The number of aromatic nitrogens is 1. The molecule has 19 heavy (non-hydrogen) atoms. The highest BCUT2D eigenvalue weighted by Crippen LogP contribution is 2.26. The minimum Gasteiger partial charge on any atom is -0.389 e. The molecule has 1 aromatic heterocycles. The number of hydrogen-bond donors (Lipinski definition) is 2. The number of halogens is 1. The molecule has 0 aliphatic heterocycles. The Labute approximate surface area is 122 Å². The number of nitrogens with one attached hydrogen (secondary N) is 1. The number of anilines is 1. The summed E-state index contributed by atoms with van der Waals surface area (Å²) in [7, 11) is 0. The third-order valence-electron chi connectivity index (χ3n) is 2.83. The van der Waals surface area contributed by atoms with Crippen LogP contribution in [0, 0.1) is 0 Å². The van der Waals surface area contributed by atoms with Crippen LogP contribution in [-0.2, 0) is 0 Å². The van der Waals surface area contributed by atoms with Crippen molar-refractivity contribution in [2.45, 2.75) is 13.0 Å². The first-order valence-corrected chi connectivity index (χ1v) is 6.63. The standard InChI is InChI=1S/C14H14ClN3S/c1-9(10-4-2-3-5-12(10)15)18-13-8-17-7-6-11(13)14(16)19/h2-9,18H,1H3,(H2,16,19). The predicted octanol–water partition coefficient (Wildman–Crippen LogP) is 3.54. The molecule has 1 unspecified atom stereocenters. The molecule has 1 atom stereocenters. The predicted molar refractivity (Wildman–Crippen MR) is 83.6 cm³/mol. The van der Waals surface area contributed by atoms with E-state index in [-0.39, 0.29) is 6.04 Å². The zero-order valence-corrected chi connectivity index (χ0v) is 12.0. The first kappa shape index (κ1) is 13.8.